The second-order valence-corrected chi connectivity index (χ2v) is 5.29. The molecule has 4 heteroatoms. The first-order valence-corrected chi connectivity index (χ1v) is 6.09. The summed E-state index contributed by atoms with van der Waals surface area (Å²) in [4.78, 5) is 12.8. The summed E-state index contributed by atoms with van der Waals surface area (Å²) in [7, 11) is 1.74. The van der Waals surface area contributed by atoms with Gasteiger partial charge in [-0.15, -0.1) is 0 Å². The number of carbonyl (C=O) groups is 1. The van der Waals surface area contributed by atoms with Gasteiger partial charge in [0.15, 0.2) is 0 Å². The van der Waals surface area contributed by atoms with E-state index in [1.807, 2.05) is 0 Å². The van der Waals surface area contributed by atoms with Crippen molar-refractivity contribution in [1.82, 2.24) is 4.90 Å². The van der Waals surface area contributed by atoms with Crippen molar-refractivity contribution >= 4 is 5.97 Å². The molecule has 1 saturated carbocycles. The first kappa shape index (κ1) is 11.9. The fourth-order valence-electron chi connectivity index (χ4n) is 3.53. The van der Waals surface area contributed by atoms with Crippen LogP contribution in [0.1, 0.15) is 25.7 Å². The van der Waals surface area contributed by atoms with E-state index in [0.717, 1.165) is 19.7 Å². The van der Waals surface area contributed by atoms with Gasteiger partial charge in [-0.25, -0.2) is 0 Å². The molecule has 92 valence electrons. The molecule has 1 atom stereocenters. The molecule has 0 aromatic carbocycles. The van der Waals surface area contributed by atoms with Gasteiger partial charge in [-0.2, -0.15) is 0 Å². The molecule has 1 heterocycles. The molecule has 1 N–H and O–H groups in total. The van der Waals surface area contributed by atoms with Gasteiger partial charge in [0.25, 0.3) is 0 Å². The summed E-state index contributed by atoms with van der Waals surface area (Å²) in [5.74, 6) is -0.189. The maximum absolute atomic E-state index is 10.8. The van der Waals surface area contributed by atoms with Crippen LogP contribution in [0.25, 0.3) is 0 Å². The highest BCUT2D eigenvalue weighted by molar-refractivity contribution is 5.69. The van der Waals surface area contributed by atoms with Crippen molar-refractivity contribution in [2.24, 2.45) is 11.3 Å². The van der Waals surface area contributed by atoms with Gasteiger partial charge >= 0.3 is 5.97 Å². The summed E-state index contributed by atoms with van der Waals surface area (Å²) < 4.78 is 5.29. The predicted molar refractivity (Wildman–Crippen MR) is 60.3 cm³/mol. The molecule has 1 unspecified atom stereocenters. The molecule has 0 bridgehead atoms. The molecule has 0 aromatic rings. The van der Waals surface area contributed by atoms with Gasteiger partial charge < -0.3 is 9.84 Å². The van der Waals surface area contributed by atoms with Crippen molar-refractivity contribution in [3.63, 3.8) is 0 Å². The van der Waals surface area contributed by atoms with Crippen molar-refractivity contribution in [3.8, 4) is 0 Å². The number of carboxylic acids is 1. The molecule has 1 spiro atoms. The Bertz CT molecular complexity index is 261. The van der Waals surface area contributed by atoms with E-state index in [4.69, 9.17) is 9.84 Å². The second kappa shape index (κ2) is 4.72. The molecule has 0 amide bonds. The maximum atomic E-state index is 10.8. The summed E-state index contributed by atoms with van der Waals surface area (Å²) >= 11 is 0. The van der Waals surface area contributed by atoms with Crippen LogP contribution in [0.15, 0.2) is 0 Å². The second-order valence-electron chi connectivity index (χ2n) is 5.29. The standard InChI is InChI=1S/C12H21NO3/c1-16-8-10-6-13(7-11(14)15)9-12(10)4-2-3-5-12/h10H,2-9H2,1H3,(H,14,15). The van der Waals surface area contributed by atoms with Crippen molar-refractivity contribution < 1.29 is 14.6 Å². The third-order valence-electron chi connectivity index (χ3n) is 4.21. The third kappa shape index (κ3) is 2.23. The van der Waals surface area contributed by atoms with Gasteiger partial charge in [-0.3, -0.25) is 9.69 Å². The minimum Gasteiger partial charge on any atom is -0.480 e. The number of likely N-dealkylation sites (tertiary alicyclic amines) is 1. The zero-order chi connectivity index (χ0) is 11.6. The molecule has 1 aliphatic heterocycles. The van der Waals surface area contributed by atoms with E-state index >= 15 is 0 Å². The van der Waals surface area contributed by atoms with Gasteiger partial charge in [-0.1, -0.05) is 12.8 Å². The van der Waals surface area contributed by atoms with Crippen LogP contribution in [0.5, 0.6) is 0 Å². The molecule has 0 aromatic heterocycles. The number of ether oxygens (including phenoxy) is 1. The lowest BCUT2D eigenvalue weighted by Crippen LogP contribution is -2.30. The van der Waals surface area contributed by atoms with Crippen LogP contribution < -0.4 is 0 Å². The van der Waals surface area contributed by atoms with E-state index < -0.39 is 5.97 Å². The average Bonchev–Trinajstić information content (AvgIpc) is 2.77. The average molecular weight is 227 g/mol. The number of aliphatic carboxylic acids is 1. The smallest absolute Gasteiger partial charge is 0.317 e. The van der Waals surface area contributed by atoms with Crippen LogP contribution >= 0.6 is 0 Å². The Balaban J connectivity index is 2.02. The predicted octanol–water partition coefficient (Wildman–Crippen LogP) is 1.21. The van der Waals surface area contributed by atoms with Crippen LogP contribution in [0.4, 0.5) is 0 Å². The van der Waals surface area contributed by atoms with E-state index in [9.17, 15) is 4.79 Å². The molecule has 4 nitrogen and oxygen atoms in total. The summed E-state index contributed by atoms with van der Waals surface area (Å²) in [5, 5.41) is 8.85. The lowest BCUT2D eigenvalue weighted by Gasteiger charge is -2.29. The van der Waals surface area contributed by atoms with Crippen LogP contribution in [0.3, 0.4) is 0 Å². The Kier molecular flexibility index (Phi) is 3.50. The fourth-order valence-corrected chi connectivity index (χ4v) is 3.53. The molecular weight excluding hydrogens is 206 g/mol. The quantitative estimate of drug-likeness (QED) is 0.784. The van der Waals surface area contributed by atoms with Crippen molar-refractivity contribution in [2.45, 2.75) is 25.7 Å². The number of hydrogen-bond acceptors (Lipinski definition) is 3. The molecule has 1 saturated heterocycles. The lowest BCUT2D eigenvalue weighted by atomic mass is 9.77. The number of carboxylic acid groups (broad SMARTS) is 1. The van der Waals surface area contributed by atoms with Crippen LogP contribution in [-0.2, 0) is 9.53 Å². The zero-order valence-electron chi connectivity index (χ0n) is 9.95. The summed E-state index contributed by atoms with van der Waals surface area (Å²) in [5.41, 5.74) is 0.353. The maximum Gasteiger partial charge on any atom is 0.317 e. The SMILES string of the molecule is COCC1CN(CC(=O)O)CC12CCCC2. The van der Waals surface area contributed by atoms with E-state index in [0.29, 0.717) is 11.3 Å². The van der Waals surface area contributed by atoms with Gasteiger partial charge in [0.05, 0.1) is 13.2 Å². The fraction of sp³-hybridized carbons (Fsp3) is 0.917. The molecule has 2 aliphatic rings. The van der Waals surface area contributed by atoms with E-state index in [1.165, 1.54) is 25.7 Å². The highest BCUT2D eigenvalue weighted by Crippen LogP contribution is 2.48. The first-order valence-electron chi connectivity index (χ1n) is 6.09. The van der Waals surface area contributed by atoms with Gasteiger partial charge in [0.1, 0.15) is 0 Å². The Morgan fingerprint density at radius 2 is 2.19 bits per heavy atom. The Labute approximate surface area is 96.6 Å². The Morgan fingerprint density at radius 1 is 1.50 bits per heavy atom. The zero-order valence-corrected chi connectivity index (χ0v) is 9.95. The minimum absolute atomic E-state index is 0.183. The summed E-state index contributed by atoms with van der Waals surface area (Å²) in [6.07, 6.45) is 5.08. The molecule has 0 radical (unpaired) electrons. The number of methoxy groups -OCH3 is 1. The van der Waals surface area contributed by atoms with Gasteiger partial charge in [-0.05, 0) is 18.3 Å². The van der Waals surface area contributed by atoms with Crippen molar-refractivity contribution in [2.75, 3.05) is 33.4 Å². The monoisotopic (exact) mass is 227 g/mol. The third-order valence-corrected chi connectivity index (χ3v) is 4.21. The van der Waals surface area contributed by atoms with Gasteiger partial charge in [0.2, 0.25) is 0 Å². The van der Waals surface area contributed by atoms with Crippen LogP contribution in [0.2, 0.25) is 0 Å². The molecule has 16 heavy (non-hydrogen) atoms. The highest BCUT2D eigenvalue weighted by atomic mass is 16.5. The van der Waals surface area contributed by atoms with Crippen molar-refractivity contribution in [1.29, 1.82) is 0 Å². The molecule has 2 fully saturated rings. The number of hydrogen-bond donors (Lipinski definition) is 1. The van der Waals surface area contributed by atoms with E-state index in [1.54, 1.807) is 7.11 Å². The number of nitrogens with zero attached hydrogens (tertiary/aromatic N) is 1. The topological polar surface area (TPSA) is 49.8 Å². The highest BCUT2D eigenvalue weighted by Gasteiger charge is 2.47. The Hall–Kier alpha value is -0.610. The molecular formula is C12H21NO3. The summed E-state index contributed by atoms with van der Waals surface area (Å²) in [6.45, 7) is 2.80. The van der Waals surface area contributed by atoms with E-state index in [-0.39, 0.29) is 6.54 Å². The lowest BCUT2D eigenvalue weighted by molar-refractivity contribution is -0.138. The number of rotatable bonds is 4. The minimum atomic E-state index is -0.716. The van der Waals surface area contributed by atoms with Crippen LogP contribution in [-0.4, -0.2) is 49.3 Å². The normalized spacial score (nSPS) is 28.9. The largest absolute Gasteiger partial charge is 0.480 e. The Morgan fingerprint density at radius 3 is 2.75 bits per heavy atom. The van der Waals surface area contributed by atoms with Crippen molar-refractivity contribution in [3.05, 3.63) is 0 Å². The van der Waals surface area contributed by atoms with Gasteiger partial charge in [0, 0.05) is 26.1 Å². The van der Waals surface area contributed by atoms with E-state index in [2.05, 4.69) is 4.90 Å². The molecule has 1 aliphatic carbocycles. The van der Waals surface area contributed by atoms with Crippen LogP contribution in [0, 0.1) is 11.3 Å². The first-order chi connectivity index (χ1) is 7.66. The summed E-state index contributed by atoms with van der Waals surface area (Å²) in [6, 6.07) is 0. The molecule has 2 rings (SSSR count).